The van der Waals surface area contributed by atoms with Gasteiger partial charge in [-0.2, -0.15) is 0 Å². The van der Waals surface area contributed by atoms with E-state index in [4.69, 9.17) is 4.74 Å². The third-order valence-electron chi connectivity index (χ3n) is 4.38. The summed E-state index contributed by atoms with van der Waals surface area (Å²) < 4.78 is 6.87. The van der Waals surface area contributed by atoms with Gasteiger partial charge in [0.05, 0.1) is 17.1 Å². The second kappa shape index (κ2) is 7.37. The molecule has 2 aromatic carbocycles. The summed E-state index contributed by atoms with van der Waals surface area (Å²) in [5.74, 6) is 0.148. The number of carbonyl (C=O) groups is 2. The van der Waals surface area contributed by atoms with Crippen LogP contribution in [0.3, 0.4) is 0 Å². The van der Waals surface area contributed by atoms with Gasteiger partial charge in [0.15, 0.2) is 11.7 Å². The number of hydrogen-bond donors (Lipinski definition) is 2. The van der Waals surface area contributed by atoms with E-state index in [9.17, 15) is 9.59 Å². The quantitative estimate of drug-likeness (QED) is 0.520. The molecule has 0 bridgehead atoms. The number of benzene rings is 2. The molecule has 0 fully saturated rings. The van der Waals surface area contributed by atoms with Gasteiger partial charge in [-0.1, -0.05) is 0 Å². The highest BCUT2D eigenvalue weighted by molar-refractivity contribution is 7.14. The molecule has 0 spiro atoms. The minimum Gasteiger partial charge on any atom is -0.482 e. The van der Waals surface area contributed by atoms with Crippen LogP contribution >= 0.6 is 11.3 Å². The summed E-state index contributed by atoms with van der Waals surface area (Å²) in [5.41, 5.74) is 3.33. The molecule has 148 valence electrons. The van der Waals surface area contributed by atoms with Crippen molar-refractivity contribution in [1.29, 1.82) is 0 Å². The maximum Gasteiger partial charge on any atom is 0.262 e. The molecule has 2 aromatic heterocycles. The highest BCUT2D eigenvalue weighted by Crippen LogP contribution is 2.33. The lowest BCUT2D eigenvalue weighted by atomic mass is 10.1. The van der Waals surface area contributed by atoms with Crippen LogP contribution in [0.25, 0.3) is 16.9 Å². The Morgan fingerprint density at radius 3 is 2.87 bits per heavy atom. The number of aromatic nitrogens is 5. The molecule has 1 aliphatic rings. The first-order chi connectivity index (χ1) is 14.7. The fourth-order valence-electron chi connectivity index (χ4n) is 2.92. The molecule has 2 N–H and O–H groups in total. The third-order valence-corrected chi connectivity index (χ3v) is 5.13. The van der Waals surface area contributed by atoms with Crippen molar-refractivity contribution in [3.05, 3.63) is 59.7 Å². The Kier molecular flexibility index (Phi) is 4.41. The fraction of sp³-hybridized carbons (Fsp3) is 0.0526. The lowest BCUT2D eigenvalue weighted by molar-refractivity contribution is -0.118. The number of nitrogens with one attached hydrogen (secondary N) is 2. The van der Waals surface area contributed by atoms with Gasteiger partial charge in [0.1, 0.15) is 12.1 Å². The van der Waals surface area contributed by atoms with Crippen molar-refractivity contribution in [2.75, 3.05) is 17.2 Å². The average Bonchev–Trinajstić information content (AvgIpc) is 3.46. The Balaban J connectivity index is 1.31. The predicted molar refractivity (Wildman–Crippen MR) is 109 cm³/mol. The van der Waals surface area contributed by atoms with Gasteiger partial charge in [-0.25, -0.2) is 9.67 Å². The monoisotopic (exact) mass is 419 g/mol. The lowest BCUT2D eigenvalue weighted by Gasteiger charge is -2.18. The van der Waals surface area contributed by atoms with Gasteiger partial charge in [-0.3, -0.25) is 14.9 Å². The summed E-state index contributed by atoms with van der Waals surface area (Å²) in [4.78, 5) is 28.5. The smallest absolute Gasteiger partial charge is 0.262 e. The minimum atomic E-state index is -0.273. The van der Waals surface area contributed by atoms with Crippen molar-refractivity contribution >= 4 is 34.0 Å². The molecule has 11 heteroatoms. The number of carbonyl (C=O) groups excluding carboxylic acids is 2. The number of ether oxygens (including phenoxy) is 1. The van der Waals surface area contributed by atoms with E-state index >= 15 is 0 Å². The van der Waals surface area contributed by atoms with E-state index in [1.807, 2.05) is 11.4 Å². The molecule has 10 nitrogen and oxygen atoms in total. The first-order valence-corrected chi connectivity index (χ1v) is 9.71. The van der Waals surface area contributed by atoms with Gasteiger partial charge >= 0.3 is 0 Å². The molecule has 3 heterocycles. The van der Waals surface area contributed by atoms with Crippen LogP contribution in [-0.4, -0.2) is 43.6 Å². The lowest BCUT2D eigenvalue weighted by Crippen LogP contribution is -2.25. The molecule has 2 amide bonds. The van der Waals surface area contributed by atoms with E-state index in [1.165, 1.54) is 22.3 Å². The third kappa shape index (κ3) is 3.49. The Morgan fingerprint density at radius 1 is 1.20 bits per heavy atom. The van der Waals surface area contributed by atoms with Crippen LogP contribution in [0.5, 0.6) is 5.75 Å². The first-order valence-electron chi connectivity index (χ1n) is 8.83. The summed E-state index contributed by atoms with van der Waals surface area (Å²) in [7, 11) is 0. The molecule has 0 saturated heterocycles. The van der Waals surface area contributed by atoms with Gasteiger partial charge in [0.25, 0.3) is 11.8 Å². The molecule has 0 saturated carbocycles. The van der Waals surface area contributed by atoms with E-state index in [2.05, 4.69) is 31.1 Å². The van der Waals surface area contributed by atoms with Crippen molar-refractivity contribution in [3.8, 4) is 22.7 Å². The first kappa shape index (κ1) is 17.9. The van der Waals surface area contributed by atoms with E-state index in [0.717, 1.165) is 11.3 Å². The molecule has 5 rings (SSSR count). The molecule has 0 aliphatic carbocycles. The largest absolute Gasteiger partial charge is 0.482 e. The predicted octanol–water partition coefficient (Wildman–Crippen LogP) is 2.37. The van der Waals surface area contributed by atoms with Gasteiger partial charge in [-0.05, 0) is 52.9 Å². The van der Waals surface area contributed by atoms with E-state index in [1.54, 1.807) is 36.4 Å². The zero-order valence-corrected chi connectivity index (χ0v) is 16.1. The Bertz CT molecular complexity index is 1240. The molecule has 30 heavy (non-hydrogen) atoms. The fourth-order valence-corrected chi connectivity index (χ4v) is 3.64. The maximum atomic E-state index is 12.5. The van der Waals surface area contributed by atoms with Crippen LogP contribution in [0, 0.1) is 0 Å². The molecular formula is C19H13N7O3S. The molecular weight excluding hydrogens is 406 g/mol. The van der Waals surface area contributed by atoms with Crippen LogP contribution in [0.4, 0.5) is 10.8 Å². The Hall–Kier alpha value is -4.12. The number of nitrogens with zero attached hydrogens (tertiary/aromatic N) is 5. The highest BCUT2D eigenvalue weighted by atomic mass is 32.1. The van der Waals surface area contributed by atoms with Gasteiger partial charge in [-0.15, -0.1) is 16.4 Å². The number of hydrogen-bond acceptors (Lipinski definition) is 8. The molecule has 4 aromatic rings. The number of thiazole rings is 1. The number of rotatable bonds is 4. The van der Waals surface area contributed by atoms with Crippen molar-refractivity contribution < 1.29 is 14.3 Å². The summed E-state index contributed by atoms with van der Waals surface area (Å²) in [6.45, 7) is 0.00985. The van der Waals surface area contributed by atoms with E-state index in [0.29, 0.717) is 27.8 Å². The van der Waals surface area contributed by atoms with Crippen molar-refractivity contribution in [2.45, 2.75) is 0 Å². The zero-order chi connectivity index (χ0) is 20.5. The van der Waals surface area contributed by atoms with E-state index in [-0.39, 0.29) is 18.4 Å². The minimum absolute atomic E-state index is 0.00985. The number of amides is 2. The molecule has 0 atom stereocenters. The summed E-state index contributed by atoms with van der Waals surface area (Å²) in [6, 6.07) is 12.3. The van der Waals surface area contributed by atoms with Crippen LogP contribution in [0.2, 0.25) is 0 Å². The topological polar surface area (TPSA) is 124 Å². The average molecular weight is 419 g/mol. The van der Waals surface area contributed by atoms with Gasteiger partial charge in [0, 0.05) is 16.5 Å². The van der Waals surface area contributed by atoms with Crippen molar-refractivity contribution in [2.24, 2.45) is 0 Å². The number of fused-ring (bicyclic) bond motifs is 1. The summed E-state index contributed by atoms with van der Waals surface area (Å²) >= 11 is 1.31. The van der Waals surface area contributed by atoms with Crippen LogP contribution in [-0.2, 0) is 4.79 Å². The van der Waals surface area contributed by atoms with Crippen LogP contribution in [0.1, 0.15) is 10.4 Å². The van der Waals surface area contributed by atoms with Gasteiger partial charge < -0.3 is 10.1 Å². The maximum absolute atomic E-state index is 12.5. The van der Waals surface area contributed by atoms with Crippen LogP contribution < -0.4 is 15.4 Å². The number of anilines is 2. The Morgan fingerprint density at radius 2 is 2.07 bits per heavy atom. The molecule has 0 radical (unpaired) electrons. The second-order valence-electron chi connectivity index (χ2n) is 6.34. The Labute approximate surface area is 173 Å². The zero-order valence-electron chi connectivity index (χ0n) is 15.3. The highest BCUT2D eigenvalue weighted by Gasteiger charge is 2.17. The normalized spacial score (nSPS) is 12.6. The van der Waals surface area contributed by atoms with E-state index < -0.39 is 0 Å². The van der Waals surface area contributed by atoms with Crippen molar-refractivity contribution in [1.82, 2.24) is 25.2 Å². The second-order valence-corrected chi connectivity index (χ2v) is 7.20. The summed E-state index contributed by atoms with van der Waals surface area (Å²) in [5, 5.41) is 18.9. The molecule has 1 aliphatic heterocycles. The molecule has 0 unspecified atom stereocenters. The summed E-state index contributed by atoms with van der Waals surface area (Å²) in [6.07, 6.45) is 1.48. The standard InChI is InChI=1S/C19H13N7O3S/c27-17-8-29-16-6-3-12(7-14(16)21-17)15-9-30-19(22-15)23-18(28)11-1-4-13(5-2-11)26-10-20-24-25-26/h1-7,9-10H,8H2,(H,21,27)(H,22,23,28). The SMILES string of the molecule is O=C1COc2ccc(-c3csc(NC(=O)c4ccc(-n5cnnn5)cc4)n3)cc2N1. The van der Waals surface area contributed by atoms with Crippen molar-refractivity contribution in [3.63, 3.8) is 0 Å². The number of tetrazole rings is 1. The van der Waals surface area contributed by atoms with Crippen LogP contribution in [0.15, 0.2) is 54.2 Å². The van der Waals surface area contributed by atoms with Gasteiger partial charge in [0.2, 0.25) is 0 Å².